The van der Waals surface area contributed by atoms with E-state index in [0.717, 1.165) is 12.1 Å². The summed E-state index contributed by atoms with van der Waals surface area (Å²) in [5.41, 5.74) is 1.97. The molecule has 1 aliphatic rings. The van der Waals surface area contributed by atoms with E-state index in [1.165, 1.54) is 13.2 Å². The van der Waals surface area contributed by atoms with Gasteiger partial charge in [0.25, 0.3) is 5.91 Å². The summed E-state index contributed by atoms with van der Waals surface area (Å²) in [6, 6.07) is 12.2. The van der Waals surface area contributed by atoms with Gasteiger partial charge in [-0.1, -0.05) is 24.3 Å². The molecular weight excluding hydrogens is 506 g/mol. The van der Waals surface area contributed by atoms with E-state index in [4.69, 9.17) is 4.74 Å². The lowest BCUT2D eigenvalue weighted by Crippen LogP contribution is -2.43. The van der Waals surface area contributed by atoms with Gasteiger partial charge in [0.05, 0.1) is 11.8 Å². The third-order valence-corrected chi connectivity index (χ3v) is 6.76. The molecule has 1 fully saturated rings. The lowest BCUT2D eigenvalue weighted by molar-refractivity contribution is 0.0788. The van der Waals surface area contributed by atoms with Crippen molar-refractivity contribution >= 4 is 17.8 Å². The molecule has 0 bridgehead atoms. The largest absolute Gasteiger partial charge is 0.377 e. The maximum Gasteiger partial charge on any atom is 0.320 e. The average Bonchev–Trinajstić information content (AvgIpc) is 3.48. The van der Waals surface area contributed by atoms with Gasteiger partial charge in [-0.05, 0) is 62.9 Å². The lowest BCUT2D eigenvalue weighted by Gasteiger charge is -2.25. The number of ether oxygens (including phenoxy) is 1. The molecule has 1 saturated heterocycles. The van der Waals surface area contributed by atoms with Crippen molar-refractivity contribution in [1.29, 1.82) is 0 Å². The molecule has 3 amide bonds. The Bertz CT molecular complexity index is 1310. The number of hydrogen-bond acceptors (Lipinski definition) is 5. The predicted molar refractivity (Wildman–Crippen MR) is 144 cm³/mol. The summed E-state index contributed by atoms with van der Waals surface area (Å²) in [6.45, 7) is 6.62. The zero-order valence-electron chi connectivity index (χ0n) is 22.4. The van der Waals surface area contributed by atoms with Crippen LogP contribution >= 0.6 is 0 Å². The van der Waals surface area contributed by atoms with Crippen LogP contribution in [0.2, 0.25) is 0 Å². The van der Waals surface area contributed by atoms with Gasteiger partial charge in [0.2, 0.25) is 0 Å². The number of rotatable bonds is 9. The second-order valence-electron chi connectivity index (χ2n) is 9.95. The molecule has 9 nitrogen and oxygen atoms in total. The van der Waals surface area contributed by atoms with Crippen molar-refractivity contribution in [2.45, 2.75) is 45.4 Å². The number of nitrogens with one attached hydrogen (secondary N) is 4. The van der Waals surface area contributed by atoms with Gasteiger partial charge in [-0.25, -0.2) is 18.3 Å². The first-order chi connectivity index (χ1) is 18.7. The number of aromatic nitrogens is 2. The molecule has 1 unspecified atom stereocenters. The highest BCUT2D eigenvalue weighted by Gasteiger charge is 2.32. The van der Waals surface area contributed by atoms with Crippen LogP contribution in [0.4, 0.5) is 19.4 Å². The van der Waals surface area contributed by atoms with Gasteiger partial charge >= 0.3 is 6.03 Å². The number of halogens is 2. The Morgan fingerprint density at radius 2 is 1.87 bits per heavy atom. The van der Waals surface area contributed by atoms with Gasteiger partial charge < -0.3 is 20.7 Å². The van der Waals surface area contributed by atoms with E-state index >= 15 is 0 Å². The van der Waals surface area contributed by atoms with E-state index in [0.29, 0.717) is 42.1 Å². The number of benzene rings is 2. The Morgan fingerprint density at radius 1 is 1.13 bits per heavy atom. The zero-order valence-corrected chi connectivity index (χ0v) is 22.4. The maximum atomic E-state index is 13.8. The molecule has 4 N–H and O–H groups in total. The van der Waals surface area contributed by atoms with E-state index in [-0.39, 0.29) is 29.6 Å². The van der Waals surface area contributed by atoms with Crippen molar-refractivity contribution in [3.05, 3.63) is 77.0 Å². The minimum Gasteiger partial charge on any atom is -0.377 e. The Balaban J connectivity index is 1.51. The summed E-state index contributed by atoms with van der Waals surface area (Å²) in [5, 5.41) is 16.5. The minimum atomic E-state index is -0.931. The van der Waals surface area contributed by atoms with Crippen molar-refractivity contribution in [1.82, 2.24) is 25.7 Å². The Hall–Kier alpha value is -3.83. The monoisotopic (exact) mass is 540 g/mol. The van der Waals surface area contributed by atoms with Crippen LogP contribution in [0.25, 0.3) is 5.69 Å². The quantitative estimate of drug-likeness (QED) is 0.327. The molecule has 0 aliphatic carbocycles. The zero-order chi connectivity index (χ0) is 28.1. The summed E-state index contributed by atoms with van der Waals surface area (Å²) in [4.78, 5) is 26.0. The summed E-state index contributed by atoms with van der Waals surface area (Å²) < 4.78 is 34.3. The Kier molecular flexibility index (Phi) is 8.93. The molecule has 11 heteroatoms. The van der Waals surface area contributed by atoms with E-state index in [1.807, 2.05) is 44.2 Å². The Morgan fingerprint density at radius 3 is 2.54 bits per heavy atom. The molecule has 2 heterocycles. The number of anilines is 1. The van der Waals surface area contributed by atoms with Crippen molar-refractivity contribution < 1.29 is 23.1 Å². The lowest BCUT2D eigenvalue weighted by atomic mass is 9.93. The van der Waals surface area contributed by atoms with Gasteiger partial charge in [0.1, 0.15) is 5.82 Å². The number of carbonyl (C=O) groups excluding carboxylic acids is 2. The normalized spacial score (nSPS) is 17.7. The second kappa shape index (κ2) is 12.4. The smallest absolute Gasteiger partial charge is 0.320 e. The number of carbonyl (C=O) groups is 2. The highest BCUT2D eigenvalue weighted by molar-refractivity contribution is 5.97. The molecule has 1 aromatic heterocycles. The average molecular weight is 541 g/mol. The molecule has 4 rings (SSSR count). The van der Waals surface area contributed by atoms with Gasteiger partial charge in [0.15, 0.2) is 17.3 Å². The summed E-state index contributed by atoms with van der Waals surface area (Å²) in [7, 11) is 1.52. The standard InChI is InChI=1S/C28H34F2N6O3/c1-16(2)32-27(37)25-17(3)26(36(35-25)20-8-6-5-7-9-20)34-28(38)33-23-15-31-14-19(23)13-24(39-4)18-10-11-21(29)22(30)12-18/h5-12,16,19,23-24,31H,13-15H2,1-4H3,(H,32,37)(H2,33,34,38)/t19-,23-,24?/m1/s1. The summed E-state index contributed by atoms with van der Waals surface area (Å²) >= 11 is 0. The van der Waals surface area contributed by atoms with Crippen LogP contribution in [-0.4, -0.2) is 54.0 Å². The van der Waals surface area contributed by atoms with Crippen LogP contribution in [-0.2, 0) is 4.74 Å². The van der Waals surface area contributed by atoms with Crippen molar-refractivity contribution in [2.24, 2.45) is 5.92 Å². The van der Waals surface area contributed by atoms with Crippen LogP contribution in [0.5, 0.6) is 0 Å². The highest BCUT2D eigenvalue weighted by atomic mass is 19.2. The maximum absolute atomic E-state index is 13.8. The third kappa shape index (κ3) is 6.61. The summed E-state index contributed by atoms with van der Waals surface area (Å²) in [6.07, 6.45) is 0.0150. The van der Waals surface area contributed by atoms with Crippen molar-refractivity contribution in [3.8, 4) is 5.69 Å². The topological polar surface area (TPSA) is 109 Å². The molecule has 2 aromatic carbocycles. The second-order valence-corrected chi connectivity index (χ2v) is 9.95. The number of methoxy groups -OCH3 is 1. The molecule has 0 spiro atoms. The van der Waals surface area contributed by atoms with Crippen molar-refractivity contribution in [3.63, 3.8) is 0 Å². The number of urea groups is 1. The molecule has 3 aromatic rings. The first kappa shape index (κ1) is 28.2. The number of hydrogen-bond donors (Lipinski definition) is 4. The molecule has 208 valence electrons. The van der Waals surface area contributed by atoms with Crippen LogP contribution in [0, 0.1) is 24.5 Å². The fraction of sp³-hybridized carbons (Fsp3) is 0.393. The third-order valence-electron chi connectivity index (χ3n) is 6.76. The summed E-state index contributed by atoms with van der Waals surface area (Å²) in [5.74, 6) is -1.82. The highest BCUT2D eigenvalue weighted by Crippen LogP contribution is 2.29. The first-order valence-electron chi connectivity index (χ1n) is 12.9. The number of nitrogens with zero attached hydrogens (tertiary/aromatic N) is 2. The molecule has 1 aliphatic heterocycles. The first-order valence-corrected chi connectivity index (χ1v) is 12.9. The fourth-order valence-electron chi connectivity index (χ4n) is 4.76. The molecule has 39 heavy (non-hydrogen) atoms. The van der Waals surface area contributed by atoms with Crippen LogP contribution in [0.3, 0.4) is 0 Å². The number of para-hydroxylation sites is 1. The molecule has 0 radical (unpaired) electrons. The Labute approximate surface area is 226 Å². The van der Waals surface area contributed by atoms with Gasteiger partial charge in [0, 0.05) is 37.8 Å². The molecule has 3 atom stereocenters. The number of amides is 3. The molecular formula is C28H34F2N6O3. The minimum absolute atomic E-state index is 0.0266. The van der Waals surface area contributed by atoms with E-state index in [1.54, 1.807) is 11.6 Å². The van der Waals surface area contributed by atoms with E-state index in [2.05, 4.69) is 26.4 Å². The van der Waals surface area contributed by atoms with Gasteiger partial charge in [-0.2, -0.15) is 5.10 Å². The van der Waals surface area contributed by atoms with E-state index in [9.17, 15) is 18.4 Å². The van der Waals surface area contributed by atoms with Gasteiger partial charge in [-0.3, -0.25) is 10.1 Å². The van der Waals surface area contributed by atoms with Crippen LogP contribution in [0.1, 0.15) is 48.0 Å². The molecule has 0 saturated carbocycles. The van der Waals surface area contributed by atoms with Crippen LogP contribution < -0.4 is 21.3 Å². The van der Waals surface area contributed by atoms with Crippen LogP contribution in [0.15, 0.2) is 48.5 Å². The fourth-order valence-corrected chi connectivity index (χ4v) is 4.76. The predicted octanol–water partition coefficient (Wildman–Crippen LogP) is 4.08. The SMILES string of the molecule is COC(C[C@@H]1CNC[C@H]1NC(=O)Nc1c(C)c(C(=O)NC(C)C)nn1-c1ccccc1)c1ccc(F)c(F)c1. The van der Waals surface area contributed by atoms with Crippen molar-refractivity contribution in [2.75, 3.05) is 25.5 Å². The van der Waals surface area contributed by atoms with Gasteiger partial charge in [-0.15, -0.1) is 0 Å². The van der Waals surface area contributed by atoms with E-state index < -0.39 is 23.8 Å².